The van der Waals surface area contributed by atoms with E-state index in [-0.39, 0.29) is 12.2 Å². The summed E-state index contributed by atoms with van der Waals surface area (Å²) in [5.74, 6) is -1.56. The van der Waals surface area contributed by atoms with Gasteiger partial charge >= 0.3 is 0 Å². The van der Waals surface area contributed by atoms with Gasteiger partial charge in [-0.15, -0.1) is 10.2 Å². The van der Waals surface area contributed by atoms with E-state index in [0.717, 1.165) is 11.3 Å². The second-order valence-electron chi connectivity index (χ2n) is 4.70. The molecule has 8 heteroatoms. The van der Waals surface area contributed by atoms with Gasteiger partial charge in [-0.05, 0) is 29.0 Å². The van der Waals surface area contributed by atoms with Crippen LogP contribution in [0, 0.1) is 0 Å². The molecule has 0 aromatic carbocycles. The number of hydrogen-bond acceptors (Lipinski definition) is 6. The second-order valence-corrected chi connectivity index (χ2v) is 4.70. The fraction of sp³-hybridized carbons (Fsp3) is 0.143. The van der Waals surface area contributed by atoms with Crippen LogP contribution < -0.4 is 0 Å². The van der Waals surface area contributed by atoms with Crippen LogP contribution in [0.4, 0.5) is 0 Å². The van der Waals surface area contributed by atoms with Crippen LogP contribution in [0.15, 0.2) is 36.7 Å². The van der Waals surface area contributed by atoms with E-state index in [0.29, 0.717) is 12.1 Å². The third-order valence-corrected chi connectivity index (χ3v) is 3.07. The number of carbonyl (C=O) groups is 2. The average molecular weight is 296 g/mol. The Hall–Kier alpha value is -3.16. The number of tetrazole rings is 1. The van der Waals surface area contributed by atoms with Crippen LogP contribution in [0.3, 0.4) is 0 Å². The highest BCUT2D eigenvalue weighted by Crippen LogP contribution is 2.10. The zero-order valence-corrected chi connectivity index (χ0v) is 11.5. The quantitative estimate of drug-likeness (QED) is 0.505. The minimum absolute atomic E-state index is 0.0322. The normalized spacial score (nSPS) is 10.5. The van der Waals surface area contributed by atoms with Crippen LogP contribution in [0.1, 0.15) is 27.6 Å². The summed E-state index contributed by atoms with van der Waals surface area (Å²) in [5.41, 5.74) is 2.59. The van der Waals surface area contributed by atoms with Gasteiger partial charge in [-0.1, -0.05) is 6.07 Å². The molecular formula is C14H12N6O2. The highest BCUT2D eigenvalue weighted by atomic mass is 16.2. The summed E-state index contributed by atoms with van der Waals surface area (Å²) < 4.78 is 0. The number of carbonyl (C=O) groups excluding carboxylic acids is 2. The number of nitrogens with one attached hydrogen (secondary N) is 2. The van der Waals surface area contributed by atoms with E-state index in [1.807, 2.05) is 24.3 Å². The molecule has 2 N–H and O–H groups in total. The van der Waals surface area contributed by atoms with Crippen molar-refractivity contribution in [2.24, 2.45) is 0 Å². The molecule has 0 bridgehead atoms. The van der Waals surface area contributed by atoms with E-state index in [1.165, 1.54) is 0 Å². The van der Waals surface area contributed by atoms with Gasteiger partial charge in [0.15, 0.2) is 0 Å². The minimum Gasteiger partial charge on any atom is -0.364 e. The molecule has 110 valence electrons. The van der Waals surface area contributed by atoms with Gasteiger partial charge < -0.3 is 4.98 Å². The fourth-order valence-electron chi connectivity index (χ4n) is 2.04. The molecule has 0 saturated heterocycles. The smallest absolute Gasteiger partial charge is 0.269 e. The van der Waals surface area contributed by atoms with Gasteiger partial charge in [0.05, 0.1) is 6.42 Å². The van der Waals surface area contributed by atoms with Gasteiger partial charge in [0.25, 0.3) is 5.78 Å². The monoisotopic (exact) mass is 296 g/mol. The standard InChI is InChI=1S/C14H12N6O2/c21-12(13(22)14-17-19-20-18-14)7-11-6-9(8-16-11)5-10-3-1-2-4-15-10/h1-4,6,8,16H,5,7H2,(H,17,18,19,20). The Labute approximate surface area is 125 Å². The van der Waals surface area contributed by atoms with Crippen molar-refractivity contribution in [3.8, 4) is 0 Å². The van der Waals surface area contributed by atoms with Crippen LogP contribution in [0.25, 0.3) is 0 Å². The number of aromatic amines is 2. The molecule has 22 heavy (non-hydrogen) atoms. The molecule has 8 nitrogen and oxygen atoms in total. The fourth-order valence-corrected chi connectivity index (χ4v) is 2.04. The summed E-state index contributed by atoms with van der Waals surface area (Å²) in [6.45, 7) is 0. The summed E-state index contributed by atoms with van der Waals surface area (Å²) in [7, 11) is 0. The first-order valence-corrected chi connectivity index (χ1v) is 6.59. The van der Waals surface area contributed by atoms with Crippen molar-refractivity contribution in [2.75, 3.05) is 0 Å². The third-order valence-electron chi connectivity index (χ3n) is 3.07. The number of rotatable bonds is 6. The lowest BCUT2D eigenvalue weighted by Crippen LogP contribution is -2.18. The van der Waals surface area contributed by atoms with Gasteiger partial charge in [-0.25, -0.2) is 0 Å². The lowest BCUT2D eigenvalue weighted by molar-refractivity contribution is -0.114. The van der Waals surface area contributed by atoms with Crippen molar-refractivity contribution in [1.29, 1.82) is 0 Å². The van der Waals surface area contributed by atoms with Crippen molar-refractivity contribution in [3.05, 3.63) is 59.4 Å². The molecule has 0 amide bonds. The van der Waals surface area contributed by atoms with Crippen molar-refractivity contribution in [1.82, 2.24) is 30.6 Å². The summed E-state index contributed by atoms with van der Waals surface area (Å²) in [4.78, 5) is 30.9. The number of pyridine rings is 1. The second kappa shape index (κ2) is 6.08. The molecule has 0 aliphatic rings. The minimum atomic E-state index is -0.755. The molecule has 3 aromatic heterocycles. The third kappa shape index (κ3) is 3.11. The maximum atomic E-state index is 11.9. The Bertz CT molecular complexity index is 779. The summed E-state index contributed by atoms with van der Waals surface area (Å²) in [6, 6.07) is 7.55. The number of H-pyrrole nitrogens is 2. The van der Waals surface area contributed by atoms with Crippen LogP contribution in [0.5, 0.6) is 0 Å². The molecule has 0 radical (unpaired) electrons. The van der Waals surface area contributed by atoms with Crippen molar-refractivity contribution < 1.29 is 9.59 Å². The molecule has 0 fully saturated rings. The highest BCUT2D eigenvalue weighted by Gasteiger charge is 2.21. The largest absolute Gasteiger partial charge is 0.364 e. The molecule has 0 unspecified atom stereocenters. The van der Waals surface area contributed by atoms with E-state index in [2.05, 4.69) is 30.6 Å². The first kappa shape index (κ1) is 13.8. The van der Waals surface area contributed by atoms with Gasteiger partial charge in [0.1, 0.15) is 0 Å². The SMILES string of the molecule is O=C(Cc1cc(Cc2ccccn2)c[nH]1)C(=O)c1nn[nH]n1. The number of ketones is 2. The number of nitrogens with zero attached hydrogens (tertiary/aromatic N) is 4. The molecule has 0 saturated carbocycles. The number of Topliss-reactive ketones (excluding diaryl/α,β-unsaturated/α-hetero) is 2. The maximum absolute atomic E-state index is 11.9. The molecule has 0 spiro atoms. The van der Waals surface area contributed by atoms with Crippen molar-refractivity contribution >= 4 is 11.6 Å². The predicted molar refractivity (Wildman–Crippen MR) is 75.1 cm³/mol. The highest BCUT2D eigenvalue weighted by molar-refractivity contribution is 6.42. The van der Waals surface area contributed by atoms with Gasteiger partial charge in [0.2, 0.25) is 11.6 Å². The van der Waals surface area contributed by atoms with Gasteiger partial charge in [-0.3, -0.25) is 14.6 Å². The van der Waals surface area contributed by atoms with Crippen LogP contribution in [-0.2, 0) is 17.6 Å². The van der Waals surface area contributed by atoms with Crippen molar-refractivity contribution in [3.63, 3.8) is 0 Å². The topological polar surface area (TPSA) is 117 Å². The molecule has 0 aliphatic carbocycles. The molecule has 0 atom stereocenters. The summed E-state index contributed by atoms with van der Waals surface area (Å²) >= 11 is 0. The Kier molecular flexibility index (Phi) is 3.82. The van der Waals surface area contributed by atoms with E-state index >= 15 is 0 Å². The number of hydrogen-bond donors (Lipinski definition) is 2. The predicted octanol–water partition coefficient (Wildman–Crippen LogP) is 0.508. The first-order chi connectivity index (χ1) is 10.7. The van der Waals surface area contributed by atoms with E-state index in [1.54, 1.807) is 12.4 Å². The molecule has 3 aromatic rings. The number of aromatic nitrogens is 6. The summed E-state index contributed by atoms with van der Waals surface area (Å²) in [6.07, 6.45) is 4.16. The van der Waals surface area contributed by atoms with Gasteiger partial charge in [-0.2, -0.15) is 5.21 Å². The lowest BCUT2D eigenvalue weighted by atomic mass is 10.1. The van der Waals surface area contributed by atoms with E-state index in [4.69, 9.17) is 0 Å². The zero-order chi connectivity index (χ0) is 15.4. The molecular weight excluding hydrogens is 284 g/mol. The van der Waals surface area contributed by atoms with Gasteiger partial charge in [0, 0.05) is 30.2 Å². The first-order valence-electron chi connectivity index (χ1n) is 6.59. The molecule has 0 aliphatic heterocycles. The summed E-state index contributed by atoms with van der Waals surface area (Å²) in [5, 5.41) is 12.4. The van der Waals surface area contributed by atoms with Crippen LogP contribution in [-0.4, -0.2) is 42.2 Å². The van der Waals surface area contributed by atoms with E-state index in [9.17, 15) is 9.59 Å². The molecule has 3 heterocycles. The van der Waals surface area contributed by atoms with Crippen molar-refractivity contribution in [2.45, 2.75) is 12.8 Å². The lowest BCUT2D eigenvalue weighted by Gasteiger charge is -1.96. The van der Waals surface area contributed by atoms with Crippen LogP contribution >= 0.6 is 0 Å². The average Bonchev–Trinajstić information content (AvgIpc) is 3.19. The maximum Gasteiger partial charge on any atom is 0.269 e. The van der Waals surface area contributed by atoms with E-state index < -0.39 is 11.6 Å². The molecule has 3 rings (SSSR count). The Balaban J connectivity index is 1.64. The Morgan fingerprint density at radius 1 is 1.23 bits per heavy atom. The Morgan fingerprint density at radius 3 is 2.86 bits per heavy atom. The Morgan fingerprint density at radius 2 is 2.14 bits per heavy atom. The zero-order valence-electron chi connectivity index (χ0n) is 11.5. The van der Waals surface area contributed by atoms with Crippen LogP contribution in [0.2, 0.25) is 0 Å².